The van der Waals surface area contributed by atoms with Crippen molar-refractivity contribution in [2.75, 3.05) is 13.2 Å². The van der Waals surface area contributed by atoms with Crippen LogP contribution in [0.1, 0.15) is 12.0 Å². The number of alkyl halides is 3. The topological polar surface area (TPSA) is 69.5 Å². The zero-order valence-corrected chi connectivity index (χ0v) is 17.5. The molecule has 0 fully saturated rings. The van der Waals surface area contributed by atoms with E-state index in [4.69, 9.17) is 4.74 Å². The molecule has 1 aromatic heterocycles. The van der Waals surface area contributed by atoms with Crippen LogP contribution in [0.5, 0.6) is 5.75 Å². The van der Waals surface area contributed by atoms with Gasteiger partial charge < -0.3 is 14.4 Å². The lowest BCUT2D eigenvalue weighted by molar-refractivity contribution is -0.274. The molecule has 10 heteroatoms. The third kappa shape index (κ3) is 5.98. The molecule has 2 heterocycles. The predicted molar refractivity (Wildman–Crippen MR) is 113 cm³/mol. The van der Waals surface area contributed by atoms with Gasteiger partial charge in [0.25, 0.3) is 0 Å². The van der Waals surface area contributed by atoms with Crippen LogP contribution in [0.4, 0.5) is 18.0 Å². The zero-order chi connectivity index (χ0) is 23.3. The number of carbonyl (C=O) groups is 1. The van der Waals surface area contributed by atoms with Crippen LogP contribution < -0.4 is 4.74 Å². The van der Waals surface area contributed by atoms with Crippen LogP contribution in [-0.4, -0.2) is 51.5 Å². The summed E-state index contributed by atoms with van der Waals surface area (Å²) in [6.45, 7) is 1.28. The predicted octanol–water partition coefficient (Wildman–Crippen LogP) is 4.66. The Morgan fingerprint density at radius 2 is 1.85 bits per heavy atom. The third-order valence-electron chi connectivity index (χ3n) is 5.01. The summed E-state index contributed by atoms with van der Waals surface area (Å²) in [5.41, 5.74) is 1.90. The number of halogens is 3. The van der Waals surface area contributed by atoms with Crippen molar-refractivity contribution in [3.8, 4) is 17.0 Å². The lowest BCUT2D eigenvalue weighted by Gasteiger charge is -2.31. The average molecular weight is 458 g/mol. The molecule has 172 valence electrons. The number of nitrogens with zero attached hydrogens (tertiary/aromatic N) is 4. The molecular weight excluding hydrogens is 437 g/mol. The average Bonchev–Trinajstić information content (AvgIpc) is 3.29. The summed E-state index contributed by atoms with van der Waals surface area (Å²) in [7, 11) is 0. The monoisotopic (exact) mass is 458 g/mol. The summed E-state index contributed by atoms with van der Waals surface area (Å²) < 4.78 is 47.8. The van der Waals surface area contributed by atoms with E-state index >= 15 is 0 Å². The van der Waals surface area contributed by atoms with Crippen molar-refractivity contribution in [2.45, 2.75) is 25.4 Å². The highest BCUT2D eigenvalue weighted by molar-refractivity contribution is 5.77. The van der Waals surface area contributed by atoms with E-state index in [1.54, 1.807) is 4.90 Å². The highest BCUT2D eigenvalue weighted by Crippen LogP contribution is 2.25. The molecule has 0 bridgehead atoms. The Bertz CT molecular complexity index is 1100. The van der Waals surface area contributed by atoms with E-state index in [2.05, 4.69) is 15.0 Å². The molecule has 0 N–H and O–H groups in total. The number of amides is 1. The fourth-order valence-corrected chi connectivity index (χ4v) is 3.44. The van der Waals surface area contributed by atoms with Gasteiger partial charge >= 0.3 is 12.4 Å². The van der Waals surface area contributed by atoms with Gasteiger partial charge in [-0.1, -0.05) is 47.7 Å². The Hall–Kier alpha value is -3.66. The molecular formula is C23H21F3N4O3. The van der Waals surface area contributed by atoms with E-state index in [1.165, 1.54) is 30.5 Å². The fourth-order valence-electron chi connectivity index (χ4n) is 3.44. The van der Waals surface area contributed by atoms with E-state index in [9.17, 15) is 18.0 Å². The molecule has 0 saturated carbocycles. The number of carbonyl (C=O) groups excluding carboxylic acids is 1. The van der Waals surface area contributed by atoms with E-state index < -0.39 is 6.36 Å². The second-order valence-corrected chi connectivity index (χ2v) is 7.38. The number of benzene rings is 2. The summed E-state index contributed by atoms with van der Waals surface area (Å²) >= 11 is 0. The van der Waals surface area contributed by atoms with Crippen LogP contribution in [0.15, 0.2) is 72.9 Å². The molecule has 0 radical (unpaired) electrons. The molecule has 3 aromatic rings. The SMILES string of the molecule is O=C(N1CCC=C[C@H]1COCc1ccccc1)n1cc(-c2ccc(OC(F)(F)F)cc2)nn1. The summed E-state index contributed by atoms with van der Waals surface area (Å²) in [6.07, 6.45) is 1.34. The highest BCUT2D eigenvalue weighted by Gasteiger charge is 2.31. The van der Waals surface area contributed by atoms with Gasteiger partial charge in [-0.05, 0) is 36.2 Å². The summed E-state index contributed by atoms with van der Waals surface area (Å²) in [4.78, 5) is 14.7. The normalized spacial score (nSPS) is 16.1. The second-order valence-electron chi connectivity index (χ2n) is 7.38. The molecule has 2 aromatic carbocycles. The number of hydrogen-bond donors (Lipinski definition) is 0. The molecule has 0 saturated heterocycles. The minimum atomic E-state index is -4.76. The summed E-state index contributed by atoms with van der Waals surface area (Å²) in [5.74, 6) is -0.340. The first-order valence-corrected chi connectivity index (χ1v) is 10.3. The van der Waals surface area contributed by atoms with Crippen molar-refractivity contribution in [3.63, 3.8) is 0 Å². The Morgan fingerprint density at radius 3 is 2.58 bits per heavy atom. The molecule has 1 aliphatic rings. The molecule has 1 atom stereocenters. The van der Waals surface area contributed by atoms with Crippen LogP contribution in [0.2, 0.25) is 0 Å². The maximum Gasteiger partial charge on any atom is 0.573 e. The van der Waals surface area contributed by atoms with Gasteiger partial charge in [-0.2, -0.15) is 4.68 Å². The van der Waals surface area contributed by atoms with Crippen LogP contribution in [0, 0.1) is 0 Å². The van der Waals surface area contributed by atoms with Gasteiger partial charge in [0.15, 0.2) is 0 Å². The van der Waals surface area contributed by atoms with Crippen LogP contribution in [0.3, 0.4) is 0 Å². The summed E-state index contributed by atoms with van der Waals surface area (Å²) in [5, 5.41) is 7.90. The fraction of sp³-hybridized carbons (Fsp3) is 0.261. The maximum absolute atomic E-state index is 13.1. The largest absolute Gasteiger partial charge is 0.573 e. The Labute approximate surface area is 188 Å². The molecule has 7 nitrogen and oxygen atoms in total. The molecule has 33 heavy (non-hydrogen) atoms. The first kappa shape index (κ1) is 22.5. The van der Waals surface area contributed by atoms with Gasteiger partial charge in [0.2, 0.25) is 0 Å². The van der Waals surface area contributed by atoms with Crippen molar-refractivity contribution in [2.24, 2.45) is 0 Å². The minimum absolute atomic E-state index is 0.249. The first-order chi connectivity index (χ1) is 15.9. The second kappa shape index (κ2) is 9.86. The van der Waals surface area contributed by atoms with Gasteiger partial charge in [-0.15, -0.1) is 18.3 Å². The van der Waals surface area contributed by atoms with Crippen molar-refractivity contribution < 1.29 is 27.4 Å². The van der Waals surface area contributed by atoms with Crippen molar-refractivity contribution in [1.29, 1.82) is 0 Å². The Kier molecular flexibility index (Phi) is 6.74. The van der Waals surface area contributed by atoms with Gasteiger partial charge in [0.1, 0.15) is 11.4 Å². The van der Waals surface area contributed by atoms with Crippen LogP contribution in [-0.2, 0) is 11.3 Å². The molecule has 4 rings (SSSR count). The van der Waals surface area contributed by atoms with E-state index in [0.29, 0.717) is 37.4 Å². The molecule has 0 spiro atoms. The number of ether oxygens (including phenoxy) is 2. The van der Waals surface area contributed by atoms with E-state index in [1.807, 2.05) is 42.5 Å². The standard InChI is InChI=1S/C23H21F3N4O3/c24-23(25,26)33-20-11-9-18(10-12-20)21-14-30(28-27-21)22(31)29-13-5-4-8-19(29)16-32-15-17-6-2-1-3-7-17/h1-4,6-12,14,19H,5,13,15-16H2/t19-/m0/s1. The van der Waals surface area contributed by atoms with Gasteiger partial charge in [-0.3, -0.25) is 0 Å². The molecule has 1 amide bonds. The van der Waals surface area contributed by atoms with Gasteiger partial charge in [-0.25, -0.2) is 4.79 Å². The smallest absolute Gasteiger partial charge is 0.406 e. The van der Waals surface area contributed by atoms with Gasteiger partial charge in [0.05, 0.1) is 25.5 Å². The van der Waals surface area contributed by atoms with Crippen molar-refractivity contribution in [1.82, 2.24) is 19.9 Å². The quantitative estimate of drug-likeness (QED) is 0.503. The van der Waals surface area contributed by atoms with Crippen LogP contribution >= 0.6 is 0 Å². The number of rotatable bonds is 6. The zero-order valence-electron chi connectivity index (χ0n) is 17.5. The van der Waals surface area contributed by atoms with Crippen LogP contribution in [0.25, 0.3) is 11.3 Å². The Morgan fingerprint density at radius 1 is 1.09 bits per heavy atom. The first-order valence-electron chi connectivity index (χ1n) is 10.3. The highest BCUT2D eigenvalue weighted by atomic mass is 19.4. The lowest BCUT2D eigenvalue weighted by atomic mass is 10.1. The maximum atomic E-state index is 13.1. The van der Waals surface area contributed by atoms with Crippen molar-refractivity contribution >= 4 is 6.03 Å². The summed E-state index contributed by atoms with van der Waals surface area (Å²) in [6, 6.07) is 14.3. The minimum Gasteiger partial charge on any atom is -0.406 e. The molecule has 0 unspecified atom stereocenters. The number of aromatic nitrogens is 3. The molecule has 0 aliphatic carbocycles. The van der Waals surface area contributed by atoms with E-state index in [0.717, 1.165) is 10.2 Å². The lowest BCUT2D eigenvalue weighted by Crippen LogP contribution is -2.46. The van der Waals surface area contributed by atoms with Gasteiger partial charge in [0, 0.05) is 12.1 Å². The van der Waals surface area contributed by atoms with Crippen molar-refractivity contribution in [3.05, 3.63) is 78.5 Å². The number of hydrogen-bond acceptors (Lipinski definition) is 5. The third-order valence-corrected chi connectivity index (χ3v) is 5.01. The molecule has 1 aliphatic heterocycles. The van der Waals surface area contributed by atoms with E-state index in [-0.39, 0.29) is 17.8 Å². The Balaban J connectivity index is 1.40.